The first-order valence-corrected chi connectivity index (χ1v) is 14.8. The summed E-state index contributed by atoms with van der Waals surface area (Å²) in [5.74, 6) is -3.44. The van der Waals surface area contributed by atoms with E-state index >= 15 is 4.39 Å². The van der Waals surface area contributed by atoms with Gasteiger partial charge in [0.2, 0.25) is 12.2 Å². The predicted molar refractivity (Wildman–Crippen MR) is 155 cm³/mol. The van der Waals surface area contributed by atoms with Gasteiger partial charge in [-0.2, -0.15) is 0 Å². The quantitative estimate of drug-likeness (QED) is 0.191. The minimum atomic E-state index is -1.51. The van der Waals surface area contributed by atoms with Gasteiger partial charge in [-0.25, -0.2) is 13.2 Å². The molecule has 11 nitrogen and oxygen atoms in total. The van der Waals surface area contributed by atoms with E-state index in [-0.39, 0.29) is 36.9 Å². The second-order valence-corrected chi connectivity index (χ2v) is 11.3. The number of amides is 1. The Kier molecular flexibility index (Phi) is 10.7. The van der Waals surface area contributed by atoms with E-state index in [1.54, 1.807) is 6.08 Å². The zero-order valence-electron chi connectivity index (χ0n) is 25.0. The monoisotopic (exact) mass is 651 g/mol. The predicted octanol–water partition coefficient (Wildman–Crippen LogP) is 2.10. The summed E-state index contributed by atoms with van der Waals surface area (Å²) in [4.78, 5) is 12.8. The van der Waals surface area contributed by atoms with Crippen molar-refractivity contribution in [3.8, 4) is 11.5 Å². The lowest BCUT2D eigenvalue weighted by Gasteiger charge is -2.41. The van der Waals surface area contributed by atoms with Gasteiger partial charge in [-0.1, -0.05) is 13.0 Å². The van der Waals surface area contributed by atoms with Gasteiger partial charge in [-0.3, -0.25) is 4.79 Å². The normalized spacial score (nSPS) is 31.5. The van der Waals surface area contributed by atoms with Crippen molar-refractivity contribution >= 4 is 12.0 Å². The Bertz CT molecular complexity index is 1470. The zero-order chi connectivity index (χ0) is 33.1. The third-order valence-electron chi connectivity index (χ3n) is 8.20. The van der Waals surface area contributed by atoms with Gasteiger partial charge in [0, 0.05) is 18.1 Å². The number of ether oxygens (including phenoxy) is 5. The Morgan fingerprint density at radius 3 is 2.41 bits per heavy atom. The van der Waals surface area contributed by atoms with Crippen molar-refractivity contribution in [1.29, 1.82) is 0 Å². The van der Waals surface area contributed by atoms with E-state index in [0.717, 1.165) is 18.2 Å². The number of benzene rings is 2. The largest absolute Gasteiger partial charge is 0.489 e. The number of nitrogens with one attached hydrogen (secondary N) is 1. The van der Waals surface area contributed by atoms with Gasteiger partial charge in [0.1, 0.15) is 55.8 Å². The highest BCUT2D eigenvalue weighted by molar-refractivity contribution is 5.97. The molecule has 46 heavy (non-hydrogen) atoms. The van der Waals surface area contributed by atoms with Crippen molar-refractivity contribution in [1.82, 2.24) is 5.32 Å². The number of hydrogen-bond acceptors (Lipinski definition) is 10. The Morgan fingerprint density at radius 1 is 0.978 bits per heavy atom. The average Bonchev–Trinajstić information content (AvgIpc) is 3.66. The molecule has 2 aromatic carbocycles. The summed E-state index contributed by atoms with van der Waals surface area (Å²) in [6.07, 6.45) is -5.15. The van der Waals surface area contributed by atoms with Crippen LogP contribution in [0.2, 0.25) is 0 Å². The molecule has 5 N–H and O–H groups in total. The maximum absolute atomic E-state index is 15.0. The molecular formula is C32H36F3NO10. The summed E-state index contributed by atoms with van der Waals surface area (Å²) in [6, 6.07) is 5.95. The average molecular weight is 652 g/mol. The Labute approximate surface area is 262 Å². The third-order valence-corrected chi connectivity index (χ3v) is 8.20. The fourth-order valence-electron chi connectivity index (χ4n) is 5.69. The van der Waals surface area contributed by atoms with Crippen LogP contribution in [0.1, 0.15) is 32.3 Å². The molecule has 0 unspecified atom stereocenters. The van der Waals surface area contributed by atoms with E-state index in [4.69, 9.17) is 23.7 Å². The third kappa shape index (κ3) is 7.39. The Morgan fingerprint density at radius 2 is 1.72 bits per heavy atom. The van der Waals surface area contributed by atoms with Crippen LogP contribution in [0.3, 0.4) is 0 Å². The number of rotatable bonds is 10. The molecule has 2 aliphatic heterocycles. The minimum absolute atomic E-state index is 0.0154. The standard InChI is InChI=1S/C32H36F3NO10/c1-3-17(8-9-42-18-5-6-19(33)20(34)12-18)29-22(37)13-24(46-29)45-23-7-4-16(11-21(23)35)10-15(2)32(41)36-25-26(38)28(40)31-30(27(25)39)43-14-44-31/h4-8,10-12,22,24-31,37-40H,3,9,13-14H2,1-2H3,(H,36,41)/b15-10+,17-8+/t22-,24+,25+,26-,27+,28+,29+,30-,31+/m0/s1. The van der Waals surface area contributed by atoms with Crippen molar-refractivity contribution in [2.45, 2.75) is 81.7 Å². The van der Waals surface area contributed by atoms with Crippen LogP contribution >= 0.6 is 0 Å². The molecule has 3 aliphatic rings. The van der Waals surface area contributed by atoms with Crippen LogP contribution in [0.4, 0.5) is 13.2 Å². The second-order valence-electron chi connectivity index (χ2n) is 11.3. The van der Waals surface area contributed by atoms with Gasteiger partial charge in [0.05, 0.1) is 12.1 Å². The Balaban J connectivity index is 1.17. The van der Waals surface area contributed by atoms with Gasteiger partial charge in [0.25, 0.3) is 0 Å². The lowest BCUT2D eigenvalue weighted by molar-refractivity contribution is -0.155. The molecule has 0 bridgehead atoms. The number of aliphatic hydroxyl groups excluding tert-OH is 4. The topological polar surface area (TPSA) is 156 Å². The summed E-state index contributed by atoms with van der Waals surface area (Å²) in [5.41, 5.74) is 1.13. The van der Waals surface area contributed by atoms with Crippen molar-refractivity contribution < 1.29 is 62.1 Å². The molecule has 2 heterocycles. The SMILES string of the molecule is CC/C(=C\COc1ccc(F)c(F)c1)[C@H]1O[C@@H](Oc2ccc(/C=C(\C)C(=O)N[C@@H]3[C@H](O)[C@@H](O)[C@H]4OCO[C@H]4[C@@H]3O)cc2F)C[C@@H]1O. The molecule has 0 aromatic heterocycles. The summed E-state index contributed by atoms with van der Waals surface area (Å²) in [6.45, 7) is 3.16. The number of carbonyl (C=O) groups is 1. The molecule has 250 valence electrons. The number of hydrogen-bond donors (Lipinski definition) is 5. The molecule has 3 fully saturated rings. The van der Waals surface area contributed by atoms with Crippen molar-refractivity contribution in [2.24, 2.45) is 0 Å². The van der Waals surface area contributed by atoms with E-state index in [9.17, 15) is 34.0 Å². The van der Waals surface area contributed by atoms with E-state index in [1.807, 2.05) is 6.92 Å². The van der Waals surface area contributed by atoms with E-state index < -0.39 is 78.4 Å². The maximum atomic E-state index is 15.0. The first-order valence-electron chi connectivity index (χ1n) is 14.8. The maximum Gasteiger partial charge on any atom is 0.247 e. The zero-order valence-corrected chi connectivity index (χ0v) is 25.0. The van der Waals surface area contributed by atoms with Crippen LogP contribution in [0.25, 0.3) is 6.08 Å². The van der Waals surface area contributed by atoms with Gasteiger partial charge in [-0.15, -0.1) is 0 Å². The van der Waals surface area contributed by atoms with E-state index in [2.05, 4.69) is 5.32 Å². The lowest BCUT2D eigenvalue weighted by atomic mass is 9.83. The van der Waals surface area contributed by atoms with Crippen molar-refractivity contribution in [2.75, 3.05) is 13.4 Å². The number of halogens is 3. The molecule has 5 rings (SSSR count). The van der Waals surface area contributed by atoms with Gasteiger partial charge < -0.3 is 49.4 Å². The molecular weight excluding hydrogens is 615 g/mol. The second kappa shape index (κ2) is 14.5. The van der Waals surface area contributed by atoms with Crippen molar-refractivity contribution in [3.63, 3.8) is 0 Å². The number of fused-ring (bicyclic) bond motifs is 1. The number of carbonyl (C=O) groups excluding carboxylic acids is 1. The minimum Gasteiger partial charge on any atom is -0.489 e. The lowest BCUT2D eigenvalue weighted by Crippen LogP contribution is -2.67. The van der Waals surface area contributed by atoms with Crippen LogP contribution in [-0.4, -0.2) is 94.8 Å². The van der Waals surface area contributed by atoms with Crippen LogP contribution in [0.15, 0.2) is 53.6 Å². The first-order chi connectivity index (χ1) is 22.0. The molecule has 1 saturated carbocycles. The fourth-order valence-corrected chi connectivity index (χ4v) is 5.69. The molecule has 14 heteroatoms. The van der Waals surface area contributed by atoms with Crippen LogP contribution in [-0.2, 0) is 19.0 Å². The van der Waals surface area contributed by atoms with E-state index in [1.165, 1.54) is 31.2 Å². The Hall–Kier alpha value is -3.50. The summed E-state index contributed by atoms with van der Waals surface area (Å²) in [7, 11) is 0. The summed E-state index contributed by atoms with van der Waals surface area (Å²) >= 11 is 0. The molecule has 1 aliphatic carbocycles. The molecule has 2 saturated heterocycles. The van der Waals surface area contributed by atoms with Crippen LogP contribution < -0.4 is 14.8 Å². The van der Waals surface area contributed by atoms with Crippen LogP contribution in [0.5, 0.6) is 11.5 Å². The fraction of sp³-hybridized carbons (Fsp3) is 0.469. The molecule has 9 atom stereocenters. The van der Waals surface area contributed by atoms with Gasteiger partial charge in [-0.05, 0) is 60.9 Å². The molecule has 1 amide bonds. The summed E-state index contributed by atoms with van der Waals surface area (Å²) < 4.78 is 69.1. The molecule has 0 spiro atoms. The van der Waals surface area contributed by atoms with E-state index in [0.29, 0.717) is 17.6 Å². The highest BCUT2D eigenvalue weighted by Crippen LogP contribution is 2.32. The number of aliphatic hydroxyl groups is 4. The van der Waals surface area contributed by atoms with Crippen molar-refractivity contribution in [3.05, 3.63) is 76.6 Å². The molecule has 2 aromatic rings. The first kappa shape index (κ1) is 33.9. The van der Waals surface area contributed by atoms with Crippen LogP contribution in [0, 0.1) is 17.5 Å². The molecule has 0 radical (unpaired) electrons. The van der Waals surface area contributed by atoms with Gasteiger partial charge in [0.15, 0.2) is 23.2 Å². The highest BCUT2D eigenvalue weighted by Gasteiger charge is 2.53. The van der Waals surface area contributed by atoms with Gasteiger partial charge >= 0.3 is 0 Å². The highest BCUT2D eigenvalue weighted by atomic mass is 19.2. The summed E-state index contributed by atoms with van der Waals surface area (Å²) in [5, 5.41) is 44.4. The smallest absolute Gasteiger partial charge is 0.247 e.